The number of hydrogen-bond donors (Lipinski definition) is 0. The van der Waals surface area contributed by atoms with E-state index in [1.807, 2.05) is 0 Å². The van der Waals surface area contributed by atoms with Crippen molar-refractivity contribution in [2.75, 3.05) is 0 Å². The molecule has 3 aliphatic rings. The Balaban J connectivity index is 1.30. The van der Waals surface area contributed by atoms with Crippen LogP contribution in [0, 0.1) is 17.3 Å². The molecule has 1 spiro atoms. The lowest BCUT2D eigenvalue weighted by atomic mass is 9.66. The molecule has 0 amide bonds. The fourth-order valence-corrected chi connectivity index (χ4v) is 9.33. The van der Waals surface area contributed by atoms with Gasteiger partial charge >= 0.3 is 0 Å². The maximum absolute atomic E-state index is 6.84. The van der Waals surface area contributed by atoms with E-state index >= 15 is 0 Å². The largest absolute Gasteiger partial charge is 0.344 e. The highest BCUT2D eigenvalue weighted by Crippen LogP contribution is 2.53. The van der Waals surface area contributed by atoms with Gasteiger partial charge in [-0.3, -0.25) is 0 Å². The molecule has 2 heteroatoms. The van der Waals surface area contributed by atoms with Crippen molar-refractivity contribution < 1.29 is 9.47 Å². The molecule has 300 valence electrons. The van der Waals surface area contributed by atoms with Crippen LogP contribution in [0.1, 0.15) is 233 Å². The Hall–Kier alpha value is -1.12. The van der Waals surface area contributed by atoms with Crippen LogP contribution >= 0.6 is 0 Å². The summed E-state index contributed by atoms with van der Waals surface area (Å²) < 4.78 is 13.7. The highest BCUT2D eigenvalue weighted by Gasteiger charge is 2.53. The Morgan fingerprint density at radius 3 is 1.15 bits per heavy atom. The van der Waals surface area contributed by atoms with Crippen LogP contribution in [0.2, 0.25) is 0 Å². The number of ether oxygens (including phenoxy) is 2. The van der Waals surface area contributed by atoms with Crippen molar-refractivity contribution in [2.24, 2.45) is 17.3 Å². The van der Waals surface area contributed by atoms with Crippen LogP contribution in [0.3, 0.4) is 0 Å². The molecular weight excluding hydrogens is 633 g/mol. The van der Waals surface area contributed by atoms with Gasteiger partial charge in [0, 0.05) is 12.8 Å². The number of fused-ring (bicyclic) bond motifs is 1. The van der Waals surface area contributed by atoms with Crippen molar-refractivity contribution in [3.05, 3.63) is 48.6 Å². The minimum absolute atomic E-state index is 0.263. The number of allylic oxidation sites excluding steroid dienone is 8. The molecule has 3 fully saturated rings. The molecule has 0 aromatic heterocycles. The van der Waals surface area contributed by atoms with Crippen LogP contribution < -0.4 is 0 Å². The monoisotopic (exact) mass is 721 g/mol. The van der Waals surface area contributed by atoms with Crippen LogP contribution in [0.4, 0.5) is 0 Å². The minimum Gasteiger partial charge on any atom is -0.344 e. The van der Waals surface area contributed by atoms with Gasteiger partial charge < -0.3 is 9.47 Å². The lowest BCUT2D eigenvalue weighted by Crippen LogP contribution is -2.40. The van der Waals surface area contributed by atoms with Crippen molar-refractivity contribution in [1.82, 2.24) is 0 Å². The zero-order chi connectivity index (χ0) is 37.0. The summed E-state index contributed by atoms with van der Waals surface area (Å²) in [5, 5.41) is 0. The Bertz CT molecular complexity index is 895. The second-order valence-electron chi connectivity index (χ2n) is 17.8. The Kier molecular flexibility index (Phi) is 24.6. The molecule has 0 radical (unpaired) electrons. The molecule has 0 N–H and O–H groups in total. The van der Waals surface area contributed by atoms with Gasteiger partial charge in [-0.05, 0) is 120 Å². The standard InChI is InChI=1S/C50H88O2/c1-5-7-9-11-13-15-17-19-21-23-25-27-29-31-33-35-37-49(38-36-34-32-30-28-26-24-22-20-18-16-14-12-10-8-6-2)39-41-50(42-40-49)51-47-43-45(3)46(4)44-48(47)52-50/h13-16,19-22,45-48H,5-12,17-18,23-44H2,1-4H3/b15-13-,16-14-,21-19-,22-20-/t45-,46+,47+,48-. The second-order valence-corrected chi connectivity index (χ2v) is 17.8. The third-order valence-corrected chi connectivity index (χ3v) is 13.2. The Labute approximate surface area is 325 Å². The molecule has 2 saturated carbocycles. The van der Waals surface area contributed by atoms with E-state index in [1.165, 1.54) is 180 Å². The molecule has 0 aromatic rings. The number of unbranched alkanes of at least 4 members (excludes halogenated alkanes) is 18. The smallest absolute Gasteiger partial charge is 0.169 e. The molecule has 1 saturated heterocycles. The van der Waals surface area contributed by atoms with Crippen LogP contribution in [0.15, 0.2) is 48.6 Å². The lowest BCUT2D eigenvalue weighted by Gasteiger charge is -2.44. The van der Waals surface area contributed by atoms with E-state index in [9.17, 15) is 0 Å². The molecule has 3 rings (SSSR count). The van der Waals surface area contributed by atoms with E-state index in [4.69, 9.17) is 9.47 Å². The third-order valence-electron chi connectivity index (χ3n) is 13.2. The van der Waals surface area contributed by atoms with Crippen molar-refractivity contribution in [1.29, 1.82) is 0 Å². The van der Waals surface area contributed by atoms with Crippen molar-refractivity contribution in [2.45, 2.75) is 251 Å². The summed E-state index contributed by atoms with van der Waals surface area (Å²) >= 11 is 0. The first-order chi connectivity index (χ1) is 25.5. The zero-order valence-electron chi connectivity index (χ0n) is 35.4. The third kappa shape index (κ3) is 19.0. The SMILES string of the molecule is CCCCC/C=C\C/C=C\CCCCCCCCC1(CCCCCCCC/C=C\C/C=C\CCCCC)CCC2(CC1)O[C@H]1C[C@@H](C)[C@@H](C)C[C@H]1O2. The maximum Gasteiger partial charge on any atom is 0.169 e. The van der Waals surface area contributed by atoms with Gasteiger partial charge in [0.2, 0.25) is 0 Å². The molecule has 1 aliphatic heterocycles. The zero-order valence-corrected chi connectivity index (χ0v) is 35.4. The van der Waals surface area contributed by atoms with Crippen LogP contribution in [0.25, 0.3) is 0 Å². The van der Waals surface area contributed by atoms with Crippen LogP contribution in [0.5, 0.6) is 0 Å². The first kappa shape index (κ1) is 45.3. The summed E-state index contributed by atoms with van der Waals surface area (Å²) in [7, 11) is 0. The number of rotatable bonds is 30. The van der Waals surface area contributed by atoms with E-state index in [2.05, 4.69) is 76.3 Å². The van der Waals surface area contributed by atoms with Crippen molar-refractivity contribution >= 4 is 0 Å². The normalized spacial score (nSPS) is 24.4. The molecule has 52 heavy (non-hydrogen) atoms. The molecular formula is C50H88O2. The predicted octanol–water partition coefficient (Wildman–Crippen LogP) is 16.5. The van der Waals surface area contributed by atoms with Gasteiger partial charge in [0.25, 0.3) is 0 Å². The first-order valence-corrected chi connectivity index (χ1v) is 23.5. The van der Waals surface area contributed by atoms with E-state index < -0.39 is 0 Å². The molecule has 4 atom stereocenters. The molecule has 0 aromatic carbocycles. The Morgan fingerprint density at radius 1 is 0.423 bits per heavy atom. The summed E-state index contributed by atoms with van der Waals surface area (Å²) in [5.41, 5.74) is 0.525. The topological polar surface area (TPSA) is 18.5 Å². The van der Waals surface area contributed by atoms with E-state index in [0.29, 0.717) is 17.6 Å². The quantitative estimate of drug-likeness (QED) is 0.0543. The maximum atomic E-state index is 6.84. The van der Waals surface area contributed by atoms with E-state index in [-0.39, 0.29) is 5.79 Å². The summed E-state index contributed by atoms with van der Waals surface area (Å²) in [4.78, 5) is 0. The van der Waals surface area contributed by atoms with Gasteiger partial charge in [0.1, 0.15) is 0 Å². The average molecular weight is 721 g/mol. The van der Waals surface area contributed by atoms with Gasteiger partial charge in [-0.1, -0.05) is 166 Å². The van der Waals surface area contributed by atoms with Crippen molar-refractivity contribution in [3.8, 4) is 0 Å². The molecule has 2 nitrogen and oxygen atoms in total. The molecule has 1 heterocycles. The molecule has 2 aliphatic carbocycles. The van der Waals surface area contributed by atoms with Crippen LogP contribution in [-0.4, -0.2) is 18.0 Å². The first-order valence-electron chi connectivity index (χ1n) is 23.5. The summed E-state index contributed by atoms with van der Waals surface area (Å²) in [6.45, 7) is 9.39. The highest BCUT2D eigenvalue weighted by atomic mass is 16.8. The minimum atomic E-state index is -0.263. The van der Waals surface area contributed by atoms with E-state index in [1.54, 1.807) is 0 Å². The van der Waals surface area contributed by atoms with Crippen molar-refractivity contribution in [3.63, 3.8) is 0 Å². The van der Waals surface area contributed by atoms with Gasteiger partial charge in [-0.15, -0.1) is 0 Å². The summed E-state index contributed by atoms with van der Waals surface area (Å²) in [6, 6.07) is 0. The van der Waals surface area contributed by atoms with Gasteiger partial charge in [-0.2, -0.15) is 0 Å². The fraction of sp³-hybridized carbons (Fsp3) is 0.840. The summed E-state index contributed by atoms with van der Waals surface area (Å²) in [6.07, 6.45) is 62.0. The lowest BCUT2D eigenvalue weighted by molar-refractivity contribution is -0.208. The second kappa shape index (κ2) is 28.3. The molecule has 0 unspecified atom stereocenters. The van der Waals surface area contributed by atoms with Gasteiger partial charge in [0.05, 0.1) is 12.2 Å². The predicted molar refractivity (Wildman–Crippen MR) is 229 cm³/mol. The molecule has 0 bridgehead atoms. The van der Waals surface area contributed by atoms with Crippen LogP contribution in [-0.2, 0) is 9.47 Å². The highest BCUT2D eigenvalue weighted by molar-refractivity contribution is 4.98. The number of hydrogen-bond acceptors (Lipinski definition) is 2. The summed E-state index contributed by atoms with van der Waals surface area (Å²) in [5.74, 6) is 1.26. The van der Waals surface area contributed by atoms with Gasteiger partial charge in [-0.25, -0.2) is 0 Å². The average Bonchev–Trinajstić information content (AvgIpc) is 3.48. The fourth-order valence-electron chi connectivity index (χ4n) is 9.33. The van der Waals surface area contributed by atoms with E-state index in [0.717, 1.165) is 37.5 Å². The Morgan fingerprint density at radius 2 is 0.769 bits per heavy atom. The van der Waals surface area contributed by atoms with Gasteiger partial charge in [0.15, 0.2) is 5.79 Å².